The van der Waals surface area contributed by atoms with Gasteiger partial charge in [0.1, 0.15) is 0 Å². The molecule has 1 aliphatic rings. The summed E-state index contributed by atoms with van der Waals surface area (Å²) in [6.45, 7) is 11.0. The van der Waals surface area contributed by atoms with Gasteiger partial charge in [0.15, 0.2) is 5.82 Å². The molecule has 120 valence electrons. The summed E-state index contributed by atoms with van der Waals surface area (Å²) >= 11 is 0. The van der Waals surface area contributed by atoms with Gasteiger partial charge in [-0.05, 0) is 31.8 Å². The van der Waals surface area contributed by atoms with E-state index >= 15 is 0 Å². The molecule has 2 atom stereocenters. The van der Waals surface area contributed by atoms with Crippen LogP contribution in [0.25, 0.3) is 0 Å². The van der Waals surface area contributed by atoms with E-state index in [4.69, 9.17) is 10.3 Å². The van der Waals surface area contributed by atoms with Crippen molar-refractivity contribution in [2.24, 2.45) is 11.7 Å². The molecule has 0 radical (unpaired) electrons. The third kappa shape index (κ3) is 4.04. The molecule has 0 amide bonds. The number of hydrogen-bond acceptors (Lipinski definition) is 5. The van der Waals surface area contributed by atoms with Crippen LogP contribution in [0, 0.1) is 5.92 Å². The van der Waals surface area contributed by atoms with E-state index in [-0.39, 0.29) is 5.41 Å². The average Bonchev–Trinajstić information content (AvgIpc) is 2.93. The molecule has 1 aliphatic carbocycles. The third-order valence-electron chi connectivity index (χ3n) is 4.52. The molecule has 0 saturated heterocycles. The summed E-state index contributed by atoms with van der Waals surface area (Å²) in [5, 5.41) is 4.12. The lowest BCUT2D eigenvalue weighted by Crippen LogP contribution is -2.44. The number of aromatic nitrogens is 2. The standard InChI is InChI=1S/C16H30N4O/c1-5-20(13-9-7-6-8-12(13)10-17)11-14-18-15(19-21-14)16(2,3)4/h12-13H,5-11,17H2,1-4H3. The van der Waals surface area contributed by atoms with Crippen molar-refractivity contribution in [1.82, 2.24) is 15.0 Å². The number of hydrogen-bond donors (Lipinski definition) is 1. The highest BCUT2D eigenvalue weighted by Crippen LogP contribution is 2.29. The molecule has 2 unspecified atom stereocenters. The van der Waals surface area contributed by atoms with Crippen molar-refractivity contribution in [3.63, 3.8) is 0 Å². The van der Waals surface area contributed by atoms with Crippen molar-refractivity contribution >= 4 is 0 Å². The fourth-order valence-electron chi connectivity index (χ4n) is 3.20. The van der Waals surface area contributed by atoms with E-state index in [1.165, 1.54) is 25.7 Å². The highest BCUT2D eigenvalue weighted by atomic mass is 16.5. The maximum atomic E-state index is 5.96. The highest BCUT2D eigenvalue weighted by molar-refractivity contribution is 5.00. The zero-order valence-corrected chi connectivity index (χ0v) is 13.9. The second-order valence-corrected chi connectivity index (χ2v) is 7.17. The van der Waals surface area contributed by atoms with E-state index in [2.05, 4.69) is 42.7 Å². The maximum Gasteiger partial charge on any atom is 0.240 e. The average molecular weight is 294 g/mol. The second kappa shape index (κ2) is 6.88. The summed E-state index contributed by atoms with van der Waals surface area (Å²) in [7, 11) is 0. The molecule has 5 nitrogen and oxygen atoms in total. The lowest BCUT2D eigenvalue weighted by atomic mass is 9.83. The molecule has 21 heavy (non-hydrogen) atoms. The van der Waals surface area contributed by atoms with Gasteiger partial charge >= 0.3 is 0 Å². The van der Waals surface area contributed by atoms with Crippen LogP contribution in [0.2, 0.25) is 0 Å². The molecule has 0 bridgehead atoms. The Labute approximate surface area is 128 Å². The van der Waals surface area contributed by atoms with Gasteiger partial charge in [0.05, 0.1) is 6.54 Å². The maximum absolute atomic E-state index is 5.96. The van der Waals surface area contributed by atoms with Crippen LogP contribution in [-0.2, 0) is 12.0 Å². The SMILES string of the molecule is CCN(Cc1nc(C(C)(C)C)no1)C1CCCCC1CN. The van der Waals surface area contributed by atoms with Crippen molar-refractivity contribution < 1.29 is 4.52 Å². The fraction of sp³-hybridized carbons (Fsp3) is 0.875. The Hall–Kier alpha value is -0.940. The number of nitrogens with two attached hydrogens (primary N) is 1. The first kappa shape index (κ1) is 16.4. The smallest absolute Gasteiger partial charge is 0.240 e. The summed E-state index contributed by atoms with van der Waals surface area (Å²) in [5.41, 5.74) is 5.90. The van der Waals surface area contributed by atoms with Crippen LogP contribution >= 0.6 is 0 Å². The van der Waals surface area contributed by atoms with Crippen LogP contribution in [0.4, 0.5) is 0 Å². The summed E-state index contributed by atoms with van der Waals surface area (Å²) in [4.78, 5) is 7.02. The van der Waals surface area contributed by atoms with Crippen LogP contribution in [0.1, 0.15) is 65.1 Å². The fourth-order valence-corrected chi connectivity index (χ4v) is 3.20. The second-order valence-electron chi connectivity index (χ2n) is 7.17. The lowest BCUT2D eigenvalue weighted by molar-refractivity contribution is 0.0942. The predicted molar refractivity (Wildman–Crippen MR) is 83.9 cm³/mol. The van der Waals surface area contributed by atoms with E-state index in [0.717, 1.165) is 31.3 Å². The van der Waals surface area contributed by atoms with E-state index < -0.39 is 0 Å². The highest BCUT2D eigenvalue weighted by Gasteiger charge is 2.30. The van der Waals surface area contributed by atoms with Crippen molar-refractivity contribution in [3.05, 3.63) is 11.7 Å². The minimum Gasteiger partial charge on any atom is -0.338 e. The Morgan fingerprint density at radius 3 is 2.57 bits per heavy atom. The van der Waals surface area contributed by atoms with Gasteiger partial charge in [-0.25, -0.2) is 0 Å². The Bertz CT molecular complexity index is 438. The predicted octanol–water partition coefficient (Wildman–Crippen LogP) is 2.71. The molecule has 1 saturated carbocycles. The van der Waals surface area contributed by atoms with Gasteiger partial charge in [0.25, 0.3) is 0 Å². The minimum atomic E-state index is -0.0660. The van der Waals surface area contributed by atoms with Gasteiger partial charge in [-0.1, -0.05) is 45.7 Å². The van der Waals surface area contributed by atoms with Crippen LogP contribution in [-0.4, -0.2) is 34.2 Å². The summed E-state index contributed by atoms with van der Waals surface area (Å²) < 4.78 is 5.45. The van der Waals surface area contributed by atoms with Crippen molar-refractivity contribution in [3.8, 4) is 0 Å². The van der Waals surface area contributed by atoms with E-state index in [1.54, 1.807) is 0 Å². The molecule has 1 fully saturated rings. The Morgan fingerprint density at radius 2 is 2.00 bits per heavy atom. The van der Waals surface area contributed by atoms with Gasteiger partial charge < -0.3 is 10.3 Å². The first-order valence-corrected chi connectivity index (χ1v) is 8.23. The molecular formula is C16H30N4O. The minimum absolute atomic E-state index is 0.0660. The van der Waals surface area contributed by atoms with Crippen molar-refractivity contribution in [1.29, 1.82) is 0 Å². The van der Waals surface area contributed by atoms with Crippen LogP contribution in [0.5, 0.6) is 0 Å². The molecule has 1 aromatic heterocycles. The van der Waals surface area contributed by atoms with E-state index in [1.807, 2.05) is 0 Å². The molecule has 2 N–H and O–H groups in total. The third-order valence-corrected chi connectivity index (χ3v) is 4.52. The first-order chi connectivity index (χ1) is 9.95. The monoisotopic (exact) mass is 294 g/mol. The van der Waals surface area contributed by atoms with E-state index in [9.17, 15) is 0 Å². The molecular weight excluding hydrogens is 264 g/mol. The first-order valence-electron chi connectivity index (χ1n) is 8.23. The van der Waals surface area contributed by atoms with Gasteiger partial charge in [0.2, 0.25) is 5.89 Å². The quantitative estimate of drug-likeness (QED) is 0.904. The van der Waals surface area contributed by atoms with Crippen molar-refractivity contribution in [2.45, 2.75) is 71.4 Å². The molecule has 0 aliphatic heterocycles. The van der Waals surface area contributed by atoms with E-state index in [0.29, 0.717) is 12.0 Å². The van der Waals surface area contributed by atoms with Gasteiger partial charge in [0, 0.05) is 11.5 Å². The lowest BCUT2D eigenvalue weighted by Gasteiger charge is -2.38. The summed E-state index contributed by atoms with van der Waals surface area (Å²) in [6, 6.07) is 0.554. The normalized spacial score (nSPS) is 23.7. The topological polar surface area (TPSA) is 68.2 Å². The largest absolute Gasteiger partial charge is 0.338 e. The molecule has 5 heteroatoms. The molecule has 2 rings (SSSR count). The number of rotatable bonds is 5. The zero-order valence-electron chi connectivity index (χ0n) is 13.9. The number of nitrogens with zero attached hydrogens (tertiary/aromatic N) is 3. The zero-order chi connectivity index (χ0) is 15.5. The van der Waals surface area contributed by atoms with Gasteiger partial charge in [-0.15, -0.1) is 0 Å². The van der Waals surface area contributed by atoms with Crippen LogP contribution in [0.3, 0.4) is 0 Å². The Balaban J connectivity index is 2.06. The summed E-state index contributed by atoms with van der Waals surface area (Å²) in [6.07, 6.45) is 5.09. The van der Waals surface area contributed by atoms with Gasteiger partial charge in [-0.3, -0.25) is 4.90 Å². The molecule has 0 spiro atoms. The van der Waals surface area contributed by atoms with Gasteiger partial charge in [-0.2, -0.15) is 4.98 Å². The molecule has 1 heterocycles. The Kier molecular flexibility index (Phi) is 5.38. The van der Waals surface area contributed by atoms with Crippen LogP contribution < -0.4 is 5.73 Å². The molecule has 1 aromatic rings. The molecule has 0 aromatic carbocycles. The Morgan fingerprint density at radius 1 is 1.29 bits per heavy atom. The van der Waals surface area contributed by atoms with Crippen LogP contribution in [0.15, 0.2) is 4.52 Å². The summed E-state index contributed by atoms with van der Waals surface area (Å²) in [5.74, 6) is 2.11. The van der Waals surface area contributed by atoms with Crippen molar-refractivity contribution in [2.75, 3.05) is 13.1 Å².